The number of aromatic nitrogens is 2. The Morgan fingerprint density at radius 3 is 2.61 bits per heavy atom. The Hall–Kier alpha value is -2.34. The van der Waals surface area contributed by atoms with Gasteiger partial charge in [0.05, 0.1) is 12.4 Å². The van der Waals surface area contributed by atoms with Gasteiger partial charge in [0.15, 0.2) is 0 Å². The van der Waals surface area contributed by atoms with Crippen molar-refractivity contribution in [2.75, 3.05) is 13.2 Å². The number of carbonyl (C=O) groups is 1. The van der Waals surface area contributed by atoms with Gasteiger partial charge in [-0.3, -0.25) is 0 Å². The maximum atomic E-state index is 11.9. The summed E-state index contributed by atoms with van der Waals surface area (Å²) in [6, 6.07) is 7.60. The number of imidazole rings is 1. The summed E-state index contributed by atoms with van der Waals surface area (Å²) >= 11 is 0. The quantitative estimate of drug-likeness (QED) is 0.765. The summed E-state index contributed by atoms with van der Waals surface area (Å²) in [5.74, 6) is 0. The molecule has 0 saturated heterocycles. The van der Waals surface area contributed by atoms with Crippen molar-refractivity contribution in [1.29, 1.82) is 0 Å². The number of carbonyl (C=O) groups excluding carboxylic acids is 1. The second-order valence-electron chi connectivity index (χ2n) is 6.43. The third-order valence-electron chi connectivity index (χ3n) is 3.70. The van der Waals surface area contributed by atoms with Crippen molar-refractivity contribution < 1.29 is 9.90 Å². The first-order chi connectivity index (χ1) is 10.9. The Kier molecular flexibility index (Phi) is 5.39. The number of aliphatic hydroxyl groups excluding tert-OH is 1. The maximum Gasteiger partial charge on any atom is 0.315 e. The number of hydrogen-bond acceptors (Lipinski definition) is 3. The molecular weight excluding hydrogens is 292 g/mol. The van der Waals surface area contributed by atoms with Gasteiger partial charge in [0.25, 0.3) is 0 Å². The Morgan fingerprint density at radius 1 is 1.35 bits per heavy atom. The fraction of sp³-hybridized carbons (Fsp3) is 0.412. The second kappa shape index (κ2) is 7.28. The molecule has 0 aliphatic rings. The van der Waals surface area contributed by atoms with E-state index in [1.54, 1.807) is 12.5 Å². The van der Waals surface area contributed by atoms with Gasteiger partial charge in [-0.2, -0.15) is 0 Å². The van der Waals surface area contributed by atoms with Crippen molar-refractivity contribution in [2.24, 2.45) is 5.41 Å². The Labute approximate surface area is 136 Å². The minimum atomic E-state index is -0.326. The van der Waals surface area contributed by atoms with E-state index in [0.29, 0.717) is 6.54 Å². The fourth-order valence-electron chi connectivity index (χ4n) is 2.05. The highest BCUT2D eigenvalue weighted by atomic mass is 16.3. The average Bonchev–Trinajstić information content (AvgIpc) is 3.08. The number of aliphatic hydroxyl groups is 1. The van der Waals surface area contributed by atoms with Gasteiger partial charge < -0.3 is 20.3 Å². The van der Waals surface area contributed by atoms with Crippen molar-refractivity contribution in [3.63, 3.8) is 0 Å². The topological polar surface area (TPSA) is 79.2 Å². The monoisotopic (exact) mass is 316 g/mol. The van der Waals surface area contributed by atoms with E-state index >= 15 is 0 Å². The second-order valence-corrected chi connectivity index (χ2v) is 6.43. The van der Waals surface area contributed by atoms with Gasteiger partial charge in [-0.25, -0.2) is 9.78 Å². The predicted molar refractivity (Wildman–Crippen MR) is 89.4 cm³/mol. The molecule has 0 aliphatic heterocycles. The van der Waals surface area contributed by atoms with Crippen LogP contribution in [-0.4, -0.2) is 33.8 Å². The zero-order valence-electron chi connectivity index (χ0n) is 13.8. The molecule has 0 fully saturated rings. The van der Waals surface area contributed by atoms with Gasteiger partial charge in [-0.15, -0.1) is 0 Å². The van der Waals surface area contributed by atoms with Crippen LogP contribution in [0.1, 0.15) is 32.4 Å². The highest BCUT2D eigenvalue weighted by molar-refractivity contribution is 5.74. The molecule has 1 atom stereocenters. The minimum absolute atomic E-state index is 0.0263. The van der Waals surface area contributed by atoms with Crippen LogP contribution in [0.5, 0.6) is 0 Å². The lowest BCUT2D eigenvalue weighted by atomic mass is 9.95. The standard InChI is InChI=1S/C17H24N4O2/c1-13(20-16(23)19-10-17(2,3)11-22)14-4-6-15(7-5-14)21-9-8-18-12-21/h4-9,12-13,22H,10-11H2,1-3H3,(H2,19,20,23). The normalized spacial score (nSPS) is 12.7. The Balaban J connectivity index is 1.90. The van der Waals surface area contributed by atoms with Gasteiger partial charge in [-0.1, -0.05) is 26.0 Å². The number of rotatable bonds is 6. The van der Waals surface area contributed by atoms with Crippen LogP contribution in [0.15, 0.2) is 43.0 Å². The molecule has 0 spiro atoms. The molecular formula is C17H24N4O2. The van der Waals surface area contributed by atoms with Crippen LogP contribution in [0, 0.1) is 5.41 Å². The molecule has 6 nitrogen and oxygen atoms in total. The number of nitrogens with zero attached hydrogens (tertiary/aromatic N) is 2. The van der Waals surface area contributed by atoms with E-state index in [1.165, 1.54) is 0 Å². The first kappa shape index (κ1) is 17.0. The molecule has 0 aliphatic carbocycles. The summed E-state index contributed by atoms with van der Waals surface area (Å²) in [4.78, 5) is 15.9. The summed E-state index contributed by atoms with van der Waals surface area (Å²) in [6.45, 7) is 6.17. The Bertz CT molecular complexity index is 621. The summed E-state index contributed by atoms with van der Waals surface area (Å²) in [6.07, 6.45) is 5.36. The molecule has 6 heteroatoms. The van der Waals surface area contributed by atoms with E-state index in [9.17, 15) is 9.90 Å². The van der Waals surface area contributed by atoms with Gasteiger partial charge in [0, 0.05) is 36.6 Å². The molecule has 23 heavy (non-hydrogen) atoms. The molecule has 3 N–H and O–H groups in total. The molecule has 124 valence electrons. The molecule has 2 amide bonds. The van der Waals surface area contributed by atoms with Crippen molar-refractivity contribution in [3.05, 3.63) is 48.5 Å². The van der Waals surface area contributed by atoms with E-state index in [0.717, 1.165) is 11.3 Å². The minimum Gasteiger partial charge on any atom is -0.396 e. The zero-order chi connectivity index (χ0) is 16.9. The van der Waals surface area contributed by atoms with Crippen LogP contribution in [0.4, 0.5) is 4.79 Å². The van der Waals surface area contributed by atoms with Crippen LogP contribution in [0.2, 0.25) is 0 Å². The van der Waals surface area contributed by atoms with Crippen LogP contribution in [0.3, 0.4) is 0 Å². The van der Waals surface area contributed by atoms with E-state index in [4.69, 9.17) is 0 Å². The van der Waals surface area contributed by atoms with Crippen molar-refractivity contribution in [1.82, 2.24) is 20.2 Å². The molecule has 2 rings (SSSR count). The zero-order valence-corrected chi connectivity index (χ0v) is 13.8. The van der Waals surface area contributed by atoms with Crippen molar-refractivity contribution in [2.45, 2.75) is 26.8 Å². The fourth-order valence-corrected chi connectivity index (χ4v) is 2.05. The lowest BCUT2D eigenvalue weighted by Crippen LogP contribution is -2.42. The van der Waals surface area contributed by atoms with Crippen molar-refractivity contribution >= 4 is 6.03 Å². The highest BCUT2D eigenvalue weighted by Gasteiger charge is 2.18. The van der Waals surface area contributed by atoms with E-state index < -0.39 is 0 Å². The number of benzene rings is 1. The van der Waals surface area contributed by atoms with Crippen LogP contribution < -0.4 is 10.6 Å². The third-order valence-corrected chi connectivity index (χ3v) is 3.70. The number of urea groups is 1. The summed E-state index contributed by atoms with van der Waals surface area (Å²) in [5, 5.41) is 14.9. The van der Waals surface area contributed by atoms with E-state index in [-0.39, 0.29) is 24.1 Å². The van der Waals surface area contributed by atoms with Gasteiger partial charge in [-0.05, 0) is 24.6 Å². The van der Waals surface area contributed by atoms with Gasteiger partial charge >= 0.3 is 6.03 Å². The molecule has 0 bridgehead atoms. The number of hydrogen-bond donors (Lipinski definition) is 3. The highest BCUT2D eigenvalue weighted by Crippen LogP contribution is 2.16. The summed E-state index contributed by atoms with van der Waals surface area (Å²) < 4.78 is 1.92. The molecule has 0 radical (unpaired) electrons. The summed E-state index contributed by atoms with van der Waals surface area (Å²) in [5.41, 5.74) is 1.71. The van der Waals surface area contributed by atoms with Crippen LogP contribution in [-0.2, 0) is 0 Å². The molecule has 1 unspecified atom stereocenters. The number of amides is 2. The lowest BCUT2D eigenvalue weighted by molar-refractivity contribution is 0.157. The van der Waals surface area contributed by atoms with Crippen molar-refractivity contribution in [3.8, 4) is 5.69 Å². The first-order valence-electron chi connectivity index (χ1n) is 7.65. The summed E-state index contributed by atoms with van der Waals surface area (Å²) in [7, 11) is 0. The van der Waals surface area contributed by atoms with Crippen LogP contribution in [0.25, 0.3) is 5.69 Å². The Morgan fingerprint density at radius 2 is 2.04 bits per heavy atom. The van der Waals surface area contributed by atoms with E-state index in [2.05, 4.69) is 15.6 Å². The smallest absolute Gasteiger partial charge is 0.315 e. The average molecular weight is 316 g/mol. The molecule has 0 saturated carbocycles. The van der Waals surface area contributed by atoms with Crippen LogP contribution >= 0.6 is 0 Å². The molecule has 1 aromatic heterocycles. The number of nitrogens with one attached hydrogen (secondary N) is 2. The SMILES string of the molecule is CC(NC(=O)NCC(C)(C)CO)c1ccc(-n2ccnc2)cc1. The maximum absolute atomic E-state index is 11.9. The lowest BCUT2D eigenvalue weighted by Gasteiger charge is -2.23. The molecule has 1 heterocycles. The largest absolute Gasteiger partial charge is 0.396 e. The van der Waals surface area contributed by atoms with Gasteiger partial charge in [0.1, 0.15) is 0 Å². The molecule has 1 aromatic carbocycles. The van der Waals surface area contributed by atoms with Gasteiger partial charge in [0.2, 0.25) is 0 Å². The third kappa shape index (κ3) is 4.82. The molecule has 2 aromatic rings. The first-order valence-corrected chi connectivity index (χ1v) is 7.65. The van der Waals surface area contributed by atoms with E-state index in [1.807, 2.05) is 55.8 Å². The predicted octanol–water partition coefficient (Wildman–Crippen LogP) is 2.25.